The topological polar surface area (TPSA) is 74.4 Å². The third-order valence-electron chi connectivity index (χ3n) is 3.46. The lowest BCUT2D eigenvalue weighted by atomic mass is 10.1. The summed E-state index contributed by atoms with van der Waals surface area (Å²) in [6.07, 6.45) is 1.46. The number of ether oxygens (including phenoxy) is 1. The Morgan fingerprint density at radius 2 is 2.24 bits per heavy atom. The first kappa shape index (κ1) is 16.5. The summed E-state index contributed by atoms with van der Waals surface area (Å²) in [6.45, 7) is 9.98. The Balaban J connectivity index is 2.19. The number of H-pyrrole nitrogens is 1. The van der Waals surface area contributed by atoms with Gasteiger partial charge in [0.05, 0.1) is 16.6 Å². The Labute approximate surface area is 126 Å². The minimum Gasteiger partial charge on any atom is -0.370 e. The Morgan fingerprint density at radius 1 is 1.52 bits per heavy atom. The lowest BCUT2D eigenvalue weighted by molar-refractivity contribution is -0.109. The molecule has 1 unspecified atom stereocenters. The molecule has 0 amide bonds. The third kappa shape index (κ3) is 3.85. The minimum atomic E-state index is -3.48. The van der Waals surface area contributed by atoms with E-state index in [1.807, 2.05) is 27.7 Å². The molecule has 21 heavy (non-hydrogen) atoms. The molecule has 1 atom stereocenters. The van der Waals surface area contributed by atoms with Crippen molar-refractivity contribution >= 4 is 10.0 Å². The summed E-state index contributed by atoms with van der Waals surface area (Å²) in [6, 6.07) is 1.70. The molecule has 0 aliphatic carbocycles. The van der Waals surface area contributed by atoms with Gasteiger partial charge in [-0.1, -0.05) is 6.92 Å². The van der Waals surface area contributed by atoms with Gasteiger partial charge in [-0.05, 0) is 33.4 Å². The van der Waals surface area contributed by atoms with Crippen molar-refractivity contribution in [2.45, 2.75) is 50.8 Å². The van der Waals surface area contributed by atoms with Crippen molar-refractivity contribution in [3.8, 4) is 0 Å². The number of hydrogen-bond acceptors (Lipinski definition) is 4. The molecule has 6 nitrogen and oxygen atoms in total. The fraction of sp³-hybridized carbons (Fsp3) is 0.714. The van der Waals surface area contributed by atoms with Crippen LogP contribution < -0.4 is 5.32 Å². The molecule has 1 saturated heterocycles. The smallest absolute Gasteiger partial charge is 0.244 e. The Hall–Kier alpha value is -0.890. The normalized spacial score (nSPS) is 23.3. The lowest BCUT2D eigenvalue weighted by Crippen LogP contribution is -2.53. The number of nitrogens with one attached hydrogen (secondary N) is 2. The predicted molar refractivity (Wildman–Crippen MR) is 81.6 cm³/mol. The molecular formula is C14H25N3O3S. The van der Waals surface area contributed by atoms with Crippen LogP contribution >= 0.6 is 0 Å². The molecular weight excluding hydrogens is 290 g/mol. The highest BCUT2D eigenvalue weighted by Gasteiger charge is 2.38. The van der Waals surface area contributed by atoms with Gasteiger partial charge in [0, 0.05) is 31.5 Å². The molecule has 1 aromatic rings. The first-order valence-electron chi connectivity index (χ1n) is 7.30. The number of nitrogens with zero attached hydrogens (tertiary/aromatic N) is 1. The first-order valence-corrected chi connectivity index (χ1v) is 8.74. The molecule has 2 N–H and O–H groups in total. The highest BCUT2D eigenvalue weighted by molar-refractivity contribution is 7.89. The van der Waals surface area contributed by atoms with Crippen LogP contribution in [0.2, 0.25) is 0 Å². The van der Waals surface area contributed by atoms with Crippen molar-refractivity contribution in [3.05, 3.63) is 18.0 Å². The van der Waals surface area contributed by atoms with Crippen molar-refractivity contribution in [2.24, 2.45) is 0 Å². The van der Waals surface area contributed by atoms with Gasteiger partial charge < -0.3 is 15.0 Å². The van der Waals surface area contributed by atoms with E-state index in [2.05, 4.69) is 10.3 Å². The van der Waals surface area contributed by atoms with Crippen molar-refractivity contribution < 1.29 is 13.2 Å². The molecule has 1 aromatic heterocycles. The largest absolute Gasteiger partial charge is 0.370 e. The molecule has 2 heterocycles. The average molecular weight is 315 g/mol. The molecule has 7 heteroatoms. The molecule has 1 fully saturated rings. The van der Waals surface area contributed by atoms with Crippen LogP contribution in [-0.4, -0.2) is 49.0 Å². The molecule has 0 aromatic carbocycles. The van der Waals surface area contributed by atoms with E-state index in [0.29, 0.717) is 24.5 Å². The first-order chi connectivity index (χ1) is 9.74. The summed E-state index contributed by atoms with van der Waals surface area (Å²) in [5, 5.41) is 3.17. The van der Waals surface area contributed by atoms with Crippen molar-refractivity contribution in [2.75, 3.05) is 19.6 Å². The summed E-state index contributed by atoms with van der Waals surface area (Å²) in [5.41, 5.74) is 0.407. The van der Waals surface area contributed by atoms with Gasteiger partial charge in [-0.2, -0.15) is 4.31 Å². The second kappa shape index (κ2) is 6.08. The molecule has 1 aliphatic heterocycles. The number of sulfonamides is 1. The summed E-state index contributed by atoms with van der Waals surface area (Å²) in [7, 11) is -3.48. The second-order valence-corrected chi connectivity index (χ2v) is 8.06. The monoisotopic (exact) mass is 315 g/mol. The Morgan fingerprint density at radius 3 is 2.86 bits per heavy atom. The molecule has 0 bridgehead atoms. The Kier molecular flexibility index (Phi) is 4.77. The third-order valence-corrected chi connectivity index (χ3v) is 5.25. The number of aromatic nitrogens is 1. The summed E-state index contributed by atoms with van der Waals surface area (Å²) in [5.74, 6) is 0. The zero-order valence-corrected chi connectivity index (χ0v) is 14.0. The van der Waals surface area contributed by atoms with Gasteiger partial charge in [-0.25, -0.2) is 8.42 Å². The van der Waals surface area contributed by atoms with Gasteiger partial charge in [-0.15, -0.1) is 0 Å². The van der Waals surface area contributed by atoms with Crippen LogP contribution in [0.1, 0.15) is 33.4 Å². The average Bonchev–Trinajstić information content (AvgIpc) is 2.83. The maximum Gasteiger partial charge on any atom is 0.244 e. The lowest BCUT2D eigenvalue weighted by Gasteiger charge is -2.40. The van der Waals surface area contributed by atoms with E-state index in [4.69, 9.17) is 4.74 Å². The maximum atomic E-state index is 12.7. The van der Waals surface area contributed by atoms with E-state index in [1.54, 1.807) is 12.3 Å². The van der Waals surface area contributed by atoms with Crippen LogP contribution in [0.15, 0.2) is 17.2 Å². The standard InChI is InChI=1S/C14H25N3O3S/c1-5-15-7-12-6-13(8-16-12)21(18,19)17-9-11(2)20-14(3,4)10-17/h6,8,11,15-16H,5,7,9-10H2,1-4H3. The van der Waals surface area contributed by atoms with E-state index < -0.39 is 15.6 Å². The highest BCUT2D eigenvalue weighted by Crippen LogP contribution is 2.26. The summed E-state index contributed by atoms with van der Waals surface area (Å²) >= 11 is 0. The molecule has 0 spiro atoms. The van der Waals surface area contributed by atoms with Gasteiger partial charge in [0.15, 0.2) is 0 Å². The van der Waals surface area contributed by atoms with E-state index in [9.17, 15) is 8.42 Å². The number of rotatable bonds is 5. The minimum absolute atomic E-state index is 0.108. The van der Waals surface area contributed by atoms with E-state index >= 15 is 0 Å². The SMILES string of the molecule is CCNCc1cc(S(=O)(=O)N2CC(C)OC(C)(C)C2)c[nH]1. The van der Waals surface area contributed by atoms with Crippen molar-refractivity contribution in [1.82, 2.24) is 14.6 Å². The van der Waals surface area contributed by atoms with Crippen molar-refractivity contribution in [3.63, 3.8) is 0 Å². The van der Waals surface area contributed by atoms with E-state index in [0.717, 1.165) is 12.2 Å². The molecule has 0 saturated carbocycles. The van der Waals surface area contributed by atoms with E-state index in [-0.39, 0.29) is 6.10 Å². The molecule has 2 rings (SSSR count). The number of aromatic amines is 1. The molecule has 0 radical (unpaired) electrons. The van der Waals surface area contributed by atoms with Crippen LogP contribution in [0, 0.1) is 0 Å². The fourth-order valence-electron chi connectivity index (χ4n) is 2.66. The van der Waals surface area contributed by atoms with Crippen LogP contribution in [-0.2, 0) is 21.3 Å². The highest BCUT2D eigenvalue weighted by atomic mass is 32.2. The zero-order chi connectivity index (χ0) is 15.7. The molecule has 1 aliphatic rings. The fourth-order valence-corrected chi connectivity index (χ4v) is 4.34. The van der Waals surface area contributed by atoms with Gasteiger partial charge in [0.1, 0.15) is 0 Å². The Bertz CT molecular complexity index is 580. The van der Waals surface area contributed by atoms with Crippen LogP contribution in [0.3, 0.4) is 0 Å². The van der Waals surface area contributed by atoms with Gasteiger partial charge in [-0.3, -0.25) is 0 Å². The second-order valence-electron chi connectivity index (χ2n) is 6.13. The van der Waals surface area contributed by atoms with Crippen LogP contribution in [0.25, 0.3) is 0 Å². The maximum absolute atomic E-state index is 12.7. The zero-order valence-electron chi connectivity index (χ0n) is 13.1. The van der Waals surface area contributed by atoms with E-state index in [1.165, 1.54) is 4.31 Å². The van der Waals surface area contributed by atoms with Gasteiger partial charge in [0.25, 0.3) is 0 Å². The van der Waals surface area contributed by atoms with Gasteiger partial charge >= 0.3 is 0 Å². The van der Waals surface area contributed by atoms with Crippen LogP contribution in [0.4, 0.5) is 0 Å². The molecule has 120 valence electrons. The quantitative estimate of drug-likeness (QED) is 0.859. The number of hydrogen-bond donors (Lipinski definition) is 2. The predicted octanol–water partition coefficient (Wildman–Crippen LogP) is 1.31. The van der Waals surface area contributed by atoms with Crippen molar-refractivity contribution in [1.29, 1.82) is 0 Å². The summed E-state index contributed by atoms with van der Waals surface area (Å²) < 4.78 is 32.8. The summed E-state index contributed by atoms with van der Waals surface area (Å²) in [4.78, 5) is 3.34. The van der Waals surface area contributed by atoms with Gasteiger partial charge in [0.2, 0.25) is 10.0 Å². The number of morpholine rings is 1. The van der Waals surface area contributed by atoms with Crippen LogP contribution in [0.5, 0.6) is 0 Å².